The minimum Gasteiger partial charge on any atom is -0.493 e. The molecule has 0 aliphatic heterocycles. The Bertz CT molecular complexity index is 543. The molecule has 0 amide bonds. The van der Waals surface area contributed by atoms with E-state index < -0.39 is 8.32 Å². The molecule has 5 nitrogen and oxygen atoms in total. The smallest absolute Gasteiger partial charge is 0.286 e. The Labute approximate surface area is 144 Å². The third-order valence-corrected chi connectivity index (χ3v) is 9.50. The van der Waals surface area contributed by atoms with Gasteiger partial charge in [0.2, 0.25) is 0 Å². The Kier molecular flexibility index (Phi) is 7.10. The third-order valence-electron chi connectivity index (χ3n) is 4.17. The predicted molar refractivity (Wildman–Crippen MR) is 98.1 cm³/mol. The second-order valence-electron chi connectivity index (χ2n) is 6.90. The van der Waals surface area contributed by atoms with Crippen LogP contribution in [0.2, 0.25) is 18.1 Å². The minimum absolute atomic E-state index is 0.0903. The van der Waals surface area contributed by atoms with Crippen LogP contribution in [0.15, 0.2) is 23.1 Å². The first kappa shape index (κ1) is 20.0. The summed E-state index contributed by atoms with van der Waals surface area (Å²) >= 11 is 1.36. The van der Waals surface area contributed by atoms with Crippen molar-refractivity contribution < 1.29 is 14.1 Å². The molecule has 0 heterocycles. The van der Waals surface area contributed by atoms with E-state index in [-0.39, 0.29) is 15.6 Å². The van der Waals surface area contributed by atoms with Crippen LogP contribution in [0.25, 0.3) is 0 Å². The van der Waals surface area contributed by atoms with Gasteiger partial charge in [0.05, 0.1) is 22.5 Å². The number of hydrogen-bond acceptors (Lipinski definition) is 5. The standard InChI is InChI=1S/C16H27NO4SSi/c1-16(2,3)23(5,6)21-11-7-10-20-13-8-9-15(22-4)14(12-13)17(18)19/h8-9,12H,7,10-11H2,1-6H3. The monoisotopic (exact) mass is 357 g/mol. The number of ether oxygens (including phenoxy) is 1. The van der Waals surface area contributed by atoms with Gasteiger partial charge in [-0.05, 0) is 36.5 Å². The Morgan fingerprint density at radius 2 is 1.91 bits per heavy atom. The van der Waals surface area contributed by atoms with Gasteiger partial charge in [0.1, 0.15) is 5.75 Å². The third kappa shape index (κ3) is 5.82. The van der Waals surface area contributed by atoms with Gasteiger partial charge < -0.3 is 9.16 Å². The van der Waals surface area contributed by atoms with Crippen molar-refractivity contribution in [2.24, 2.45) is 0 Å². The molecule has 23 heavy (non-hydrogen) atoms. The number of nitrogens with zero attached hydrogens (tertiary/aromatic N) is 1. The van der Waals surface area contributed by atoms with Crippen molar-refractivity contribution in [1.82, 2.24) is 0 Å². The van der Waals surface area contributed by atoms with Crippen LogP contribution >= 0.6 is 11.8 Å². The molecule has 0 aromatic heterocycles. The molecule has 0 saturated carbocycles. The Balaban J connectivity index is 2.48. The van der Waals surface area contributed by atoms with Crippen molar-refractivity contribution in [2.75, 3.05) is 19.5 Å². The topological polar surface area (TPSA) is 61.6 Å². The molecule has 0 unspecified atom stereocenters. The van der Waals surface area contributed by atoms with Crippen molar-refractivity contribution in [3.05, 3.63) is 28.3 Å². The van der Waals surface area contributed by atoms with Gasteiger partial charge in [0.15, 0.2) is 8.32 Å². The summed E-state index contributed by atoms with van der Waals surface area (Å²) in [7, 11) is -1.72. The van der Waals surface area contributed by atoms with Crippen LogP contribution in [0, 0.1) is 10.1 Å². The molecule has 0 saturated heterocycles. The zero-order valence-corrected chi connectivity index (χ0v) is 16.7. The normalized spacial score (nSPS) is 12.3. The lowest BCUT2D eigenvalue weighted by Crippen LogP contribution is -2.41. The first-order valence-corrected chi connectivity index (χ1v) is 11.8. The van der Waals surface area contributed by atoms with E-state index >= 15 is 0 Å². The molecule has 0 radical (unpaired) electrons. The molecule has 1 rings (SSSR count). The van der Waals surface area contributed by atoms with Gasteiger partial charge in [-0.3, -0.25) is 10.1 Å². The van der Waals surface area contributed by atoms with E-state index in [1.807, 2.05) is 6.26 Å². The number of benzene rings is 1. The highest BCUT2D eigenvalue weighted by atomic mass is 32.2. The molecule has 7 heteroatoms. The molecule has 0 aliphatic carbocycles. The van der Waals surface area contributed by atoms with Crippen LogP contribution in [0.4, 0.5) is 5.69 Å². The largest absolute Gasteiger partial charge is 0.493 e. The molecule has 0 N–H and O–H groups in total. The van der Waals surface area contributed by atoms with Crippen molar-refractivity contribution >= 4 is 25.8 Å². The Hall–Kier alpha value is -1.05. The van der Waals surface area contributed by atoms with E-state index in [0.717, 1.165) is 6.42 Å². The Morgan fingerprint density at radius 1 is 1.26 bits per heavy atom. The molecule has 0 fully saturated rings. The second kappa shape index (κ2) is 8.17. The molecular weight excluding hydrogens is 330 g/mol. The van der Waals surface area contributed by atoms with Crippen LogP contribution in [0.1, 0.15) is 27.2 Å². The van der Waals surface area contributed by atoms with Gasteiger partial charge in [0, 0.05) is 13.0 Å². The SMILES string of the molecule is CSc1ccc(OCCCO[Si](C)(C)C(C)(C)C)cc1[N+](=O)[O-]. The number of nitro groups is 1. The summed E-state index contributed by atoms with van der Waals surface area (Å²) in [5.74, 6) is 0.529. The Morgan fingerprint density at radius 3 is 2.43 bits per heavy atom. The van der Waals surface area contributed by atoms with Gasteiger partial charge in [-0.1, -0.05) is 20.8 Å². The quantitative estimate of drug-likeness (QED) is 0.213. The first-order chi connectivity index (χ1) is 10.6. The van der Waals surface area contributed by atoms with Crippen molar-refractivity contribution in [1.29, 1.82) is 0 Å². The van der Waals surface area contributed by atoms with Gasteiger partial charge in [0.25, 0.3) is 5.69 Å². The van der Waals surface area contributed by atoms with Crippen LogP contribution in [0.3, 0.4) is 0 Å². The summed E-state index contributed by atoms with van der Waals surface area (Å²) in [5.41, 5.74) is 0.0903. The van der Waals surface area contributed by atoms with Crippen molar-refractivity contribution in [3.63, 3.8) is 0 Å². The van der Waals surface area contributed by atoms with Gasteiger partial charge >= 0.3 is 0 Å². The molecule has 0 atom stereocenters. The van der Waals surface area contributed by atoms with Crippen molar-refractivity contribution in [2.45, 2.75) is 50.2 Å². The molecule has 0 aliphatic rings. The number of rotatable bonds is 8. The number of thioether (sulfide) groups is 1. The fraction of sp³-hybridized carbons (Fsp3) is 0.625. The molecule has 1 aromatic carbocycles. The average molecular weight is 358 g/mol. The second-order valence-corrected chi connectivity index (χ2v) is 12.6. The number of nitro benzene ring substituents is 1. The lowest BCUT2D eigenvalue weighted by Gasteiger charge is -2.36. The van der Waals surface area contributed by atoms with E-state index in [1.165, 1.54) is 17.8 Å². The fourth-order valence-corrected chi connectivity index (χ4v) is 3.33. The van der Waals surface area contributed by atoms with E-state index in [0.29, 0.717) is 23.9 Å². The molecule has 130 valence electrons. The summed E-state index contributed by atoms with van der Waals surface area (Å²) in [6, 6.07) is 4.98. The highest BCUT2D eigenvalue weighted by Crippen LogP contribution is 2.36. The first-order valence-electron chi connectivity index (χ1n) is 7.67. The van der Waals surface area contributed by atoms with Gasteiger partial charge in [-0.25, -0.2) is 0 Å². The lowest BCUT2D eigenvalue weighted by molar-refractivity contribution is -0.387. The minimum atomic E-state index is -1.72. The zero-order valence-electron chi connectivity index (χ0n) is 14.8. The fourth-order valence-electron chi connectivity index (χ4n) is 1.70. The van der Waals surface area contributed by atoms with E-state index in [1.54, 1.807) is 12.1 Å². The van der Waals surface area contributed by atoms with Crippen LogP contribution in [0.5, 0.6) is 5.75 Å². The maximum atomic E-state index is 11.0. The zero-order chi connectivity index (χ0) is 17.7. The summed E-state index contributed by atoms with van der Waals surface area (Å²) in [4.78, 5) is 11.3. The summed E-state index contributed by atoms with van der Waals surface area (Å²) in [6.45, 7) is 12.2. The maximum Gasteiger partial charge on any atom is 0.286 e. The van der Waals surface area contributed by atoms with Gasteiger partial charge in [-0.15, -0.1) is 11.8 Å². The van der Waals surface area contributed by atoms with Gasteiger partial charge in [-0.2, -0.15) is 0 Å². The average Bonchev–Trinajstić information content (AvgIpc) is 2.45. The van der Waals surface area contributed by atoms with Crippen LogP contribution < -0.4 is 4.74 Å². The molecular formula is C16H27NO4SSi. The number of hydrogen-bond donors (Lipinski definition) is 0. The summed E-state index contributed by atoms with van der Waals surface area (Å²) in [5, 5.41) is 11.2. The van der Waals surface area contributed by atoms with Crippen molar-refractivity contribution in [3.8, 4) is 5.75 Å². The van der Waals surface area contributed by atoms with Crippen LogP contribution in [-0.4, -0.2) is 32.7 Å². The van der Waals surface area contributed by atoms with Crippen LogP contribution in [-0.2, 0) is 4.43 Å². The highest BCUT2D eigenvalue weighted by molar-refractivity contribution is 7.98. The lowest BCUT2D eigenvalue weighted by atomic mass is 10.2. The molecule has 0 bridgehead atoms. The van der Waals surface area contributed by atoms with E-state index in [2.05, 4.69) is 33.9 Å². The predicted octanol–water partition coefficient (Wildman–Crippen LogP) is 5.11. The summed E-state index contributed by atoms with van der Waals surface area (Å²) in [6.07, 6.45) is 2.59. The van der Waals surface area contributed by atoms with E-state index in [4.69, 9.17) is 9.16 Å². The van der Waals surface area contributed by atoms with E-state index in [9.17, 15) is 10.1 Å². The highest BCUT2D eigenvalue weighted by Gasteiger charge is 2.36. The molecule has 1 aromatic rings. The maximum absolute atomic E-state index is 11.0. The summed E-state index contributed by atoms with van der Waals surface area (Å²) < 4.78 is 11.7. The molecule has 0 spiro atoms.